The Labute approximate surface area is 102 Å². The quantitative estimate of drug-likeness (QED) is 0.752. The summed E-state index contributed by atoms with van der Waals surface area (Å²) in [5.74, 6) is 0. The molecule has 2 aromatic rings. The van der Waals surface area contributed by atoms with E-state index in [1.165, 1.54) is 16.8 Å². The van der Waals surface area contributed by atoms with Crippen molar-refractivity contribution in [2.75, 3.05) is 0 Å². The first kappa shape index (κ1) is 10.3. The number of benzene rings is 2. The van der Waals surface area contributed by atoms with Crippen LogP contribution in [0.3, 0.4) is 0 Å². The predicted octanol–water partition coefficient (Wildman–Crippen LogP) is 3.49. The highest BCUT2D eigenvalue weighted by Gasteiger charge is 2.42. The summed E-state index contributed by atoms with van der Waals surface area (Å²) in [4.78, 5) is 4.67. The Hall–Kier alpha value is -1.89. The number of hydrogen-bond acceptors (Lipinski definition) is 1. The van der Waals surface area contributed by atoms with Gasteiger partial charge >= 0.3 is 0 Å². The number of nitrogens with zero attached hydrogens (tertiary/aromatic N) is 1. The number of rotatable bonds is 3. The molecule has 0 saturated heterocycles. The van der Waals surface area contributed by atoms with Gasteiger partial charge in [0.2, 0.25) is 0 Å². The van der Waals surface area contributed by atoms with Crippen LogP contribution in [-0.4, -0.2) is 11.3 Å². The van der Waals surface area contributed by atoms with Crippen LogP contribution >= 0.6 is 0 Å². The Bertz CT molecular complexity index is 542. The van der Waals surface area contributed by atoms with Gasteiger partial charge in [-0.3, -0.25) is 4.99 Å². The van der Waals surface area contributed by atoms with Crippen molar-refractivity contribution in [2.45, 2.75) is 18.9 Å². The lowest BCUT2D eigenvalue weighted by Crippen LogP contribution is -2.18. The van der Waals surface area contributed by atoms with E-state index in [1.54, 1.807) is 0 Å². The van der Waals surface area contributed by atoms with Crippen molar-refractivity contribution in [3.05, 3.63) is 71.8 Å². The SMILES string of the molecule is CC1(Cc2ccccc2)N=C1c1ccccc1. The van der Waals surface area contributed by atoms with Gasteiger partial charge in [-0.15, -0.1) is 0 Å². The zero-order valence-electron chi connectivity index (χ0n) is 9.93. The standard InChI is InChI=1S/C16H15N/c1-16(12-13-8-4-2-5-9-13)15(17-16)14-10-6-3-7-11-14/h2-11H,12H2,1H3. The van der Waals surface area contributed by atoms with Gasteiger partial charge in [-0.25, -0.2) is 0 Å². The Balaban J connectivity index is 1.76. The van der Waals surface area contributed by atoms with Crippen molar-refractivity contribution in [1.29, 1.82) is 0 Å². The molecule has 1 aliphatic heterocycles. The van der Waals surface area contributed by atoms with Gasteiger partial charge in [0, 0.05) is 6.42 Å². The summed E-state index contributed by atoms with van der Waals surface area (Å²) in [5.41, 5.74) is 3.86. The lowest BCUT2D eigenvalue weighted by Gasteiger charge is -2.09. The van der Waals surface area contributed by atoms with Gasteiger partial charge in [-0.05, 0) is 18.1 Å². The molecule has 1 heterocycles. The van der Waals surface area contributed by atoms with Crippen LogP contribution < -0.4 is 0 Å². The fourth-order valence-corrected chi connectivity index (χ4v) is 2.31. The topological polar surface area (TPSA) is 12.4 Å². The van der Waals surface area contributed by atoms with Crippen LogP contribution in [0.1, 0.15) is 18.1 Å². The molecule has 0 bridgehead atoms. The van der Waals surface area contributed by atoms with E-state index >= 15 is 0 Å². The molecule has 0 amide bonds. The second-order valence-electron chi connectivity index (χ2n) is 4.76. The highest BCUT2D eigenvalue weighted by Crippen LogP contribution is 2.35. The van der Waals surface area contributed by atoms with Crippen LogP contribution in [0.2, 0.25) is 0 Å². The van der Waals surface area contributed by atoms with Crippen molar-refractivity contribution in [3.63, 3.8) is 0 Å². The molecule has 0 aliphatic carbocycles. The van der Waals surface area contributed by atoms with Crippen LogP contribution in [0.5, 0.6) is 0 Å². The molecule has 3 rings (SSSR count). The molecule has 1 atom stereocenters. The maximum atomic E-state index is 4.67. The molecule has 1 heteroatoms. The van der Waals surface area contributed by atoms with Gasteiger partial charge in [0.15, 0.2) is 0 Å². The van der Waals surface area contributed by atoms with E-state index in [4.69, 9.17) is 0 Å². The first-order valence-electron chi connectivity index (χ1n) is 5.98. The third kappa shape index (κ3) is 2.01. The smallest absolute Gasteiger partial charge is 0.104 e. The van der Waals surface area contributed by atoms with Crippen LogP contribution in [0, 0.1) is 0 Å². The van der Waals surface area contributed by atoms with Crippen LogP contribution in [-0.2, 0) is 6.42 Å². The second-order valence-corrected chi connectivity index (χ2v) is 4.76. The summed E-state index contributed by atoms with van der Waals surface area (Å²) in [7, 11) is 0. The zero-order valence-corrected chi connectivity index (χ0v) is 9.93. The minimum absolute atomic E-state index is 0.0166. The minimum Gasteiger partial charge on any atom is -0.273 e. The van der Waals surface area contributed by atoms with E-state index in [-0.39, 0.29) is 5.54 Å². The van der Waals surface area contributed by atoms with E-state index in [0.29, 0.717) is 0 Å². The van der Waals surface area contributed by atoms with Crippen LogP contribution in [0.15, 0.2) is 65.7 Å². The van der Waals surface area contributed by atoms with Gasteiger partial charge in [0.05, 0.1) is 5.71 Å². The molecule has 0 fully saturated rings. The average Bonchev–Trinajstić information content (AvgIpc) is 3.03. The summed E-state index contributed by atoms with van der Waals surface area (Å²) >= 11 is 0. The fraction of sp³-hybridized carbons (Fsp3) is 0.188. The Morgan fingerprint density at radius 2 is 1.47 bits per heavy atom. The molecule has 0 N–H and O–H groups in total. The Morgan fingerprint density at radius 1 is 0.882 bits per heavy atom. The van der Waals surface area contributed by atoms with Crippen molar-refractivity contribution in [2.24, 2.45) is 4.99 Å². The molecule has 84 valence electrons. The Kier molecular flexibility index (Phi) is 2.32. The molecule has 2 aromatic carbocycles. The summed E-state index contributed by atoms with van der Waals surface area (Å²) in [6.07, 6.45) is 0.998. The third-order valence-electron chi connectivity index (χ3n) is 3.26. The average molecular weight is 221 g/mol. The van der Waals surface area contributed by atoms with Crippen LogP contribution in [0.25, 0.3) is 0 Å². The van der Waals surface area contributed by atoms with E-state index in [0.717, 1.165) is 6.42 Å². The van der Waals surface area contributed by atoms with E-state index in [2.05, 4.69) is 66.5 Å². The summed E-state index contributed by atoms with van der Waals surface area (Å²) in [6, 6.07) is 21.0. The molecule has 0 radical (unpaired) electrons. The van der Waals surface area contributed by atoms with Crippen molar-refractivity contribution in [1.82, 2.24) is 0 Å². The van der Waals surface area contributed by atoms with Gasteiger partial charge in [-0.2, -0.15) is 0 Å². The normalized spacial score (nSPS) is 22.1. The van der Waals surface area contributed by atoms with Crippen molar-refractivity contribution >= 4 is 5.71 Å². The Morgan fingerprint density at radius 3 is 2.12 bits per heavy atom. The van der Waals surface area contributed by atoms with Gasteiger partial charge in [0.25, 0.3) is 0 Å². The van der Waals surface area contributed by atoms with Gasteiger partial charge < -0.3 is 0 Å². The van der Waals surface area contributed by atoms with E-state index < -0.39 is 0 Å². The van der Waals surface area contributed by atoms with E-state index in [1.807, 2.05) is 6.07 Å². The zero-order chi connectivity index (χ0) is 11.7. The number of aliphatic imine (C=N–C) groups is 1. The maximum absolute atomic E-state index is 4.67. The first-order valence-corrected chi connectivity index (χ1v) is 5.98. The molecular formula is C16H15N. The lowest BCUT2D eigenvalue weighted by atomic mass is 9.93. The third-order valence-corrected chi connectivity index (χ3v) is 3.26. The highest BCUT2D eigenvalue weighted by molar-refractivity contribution is 6.16. The van der Waals surface area contributed by atoms with E-state index in [9.17, 15) is 0 Å². The summed E-state index contributed by atoms with van der Waals surface area (Å²) in [6.45, 7) is 2.21. The largest absolute Gasteiger partial charge is 0.273 e. The molecule has 1 aliphatic rings. The summed E-state index contributed by atoms with van der Waals surface area (Å²) in [5, 5.41) is 0. The highest BCUT2D eigenvalue weighted by atomic mass is 15.0. The lowest BCUT2D eigenvalue weighted by molar-refractivity contribution is 0.725. The molecule has 0 aromatic heterocycles. The fourth-order valence-electron chi connectivity index (χ4n) is 2.31. The maximum Gasteiger partial charge on any atom is 0.104 e. The monoisotopic (exact) mass is 221 g/mol. The molecular weight excluding hydrogens is 206 g/mol. The van der Waals surface area contributed by atoms with Crippen molar-refractivity contribution in [3.8, 4) is 0 Å². The molecule has 0 spiro atoms. The van der Waals surface area contributed by atoms with Crippen molar-refractivity contribution < 1.29 is 0 Å². The number of hydrogen-bond donors (Lipinski definition) is 0. The molecule has 1 nitrogen and oxygen atoms in total. The molecule has 17 heavy (non-hydrogen) atoms. The summed E-state index contributed by atoms with van der Waals surface area (Å²) < 4.78 is 0. The minimum atomic E-state index is 0.0166. The van der Waals surface area contributed by atoms with Gasteiger partial charge in [-0.1, -0.05) is 60.7 Å². The first-order chi connectivity index (χ1) is 8.28. The second kappa shape index (κ2) is 3.85. The van der Waals surface area contributed by atoms with Gasteiger partial charge in [0.1, 0.15) is 5.54 Å². The molecule has 0 saturated carbocycles. The predicted molar refractivity (Wildman–Crippen MR) is 71.5 cm³/mol. The van der Waals surface area contributed by atoms with Crippen LogP contribution in [0.4, 0.5) is 0 Å². The molecule has 1 unspecified atom stereocenters.